The summed E-state index contributed by atoms with van der Waals surface area (Å²) >= 11 is 12.8. The van der Waals surface area contributed by atoms with Gasteiger partial charge >= 0.3 is 13.7 Å². The van der Waals surface area contributed by atoms with Gasteiger partial charge in [-0.25, -0.2) is 9.55 Å². The van der Waals surface area contributed by atoms with E-state index in [0.29, 0.717) is 0 Å². The van der Waals surface area contributed by atoms with Crippen LogP contribution in [0, 0.1) is 0 Å². The van der Waals surface area contributed by atoms with E-state index in [1.807, 2.05) is 0 Å². The van der Waals surface area contributed by atoms with Gasteiger partial charge in [0, 0.05) is 0 Å². The Morgan fingerprint density at radius 2 is 2.05 bits per heavy atom. The van der Waals surface area contributed by atoms with Crippen LogP contribution in [0.2, 0.25) is 0 Å². The topological polar surface area (TPSA) is 193 Å². The number of alkyl halides is 2. The van der Waals surface area contributed by atoms with E-state index in [-0.39, 0.29) is 22.9 Å². The van der Waals surface area contributed by atoms with Crippen LogP contribution in [-0.2, 0) is 23.4 Å². The van der Waals surface area contributed by atoms with Gasteiger partial charge < -0.3 is 24.8 Å². The summed E-state index contributed by atoms with van der Waals surface area (Å²) in [4.78, 5) is 34.9. The fraction of sp³-hybridized carbons (Fsp3) is 0.455. The summed E-state index contributed by atoms with van der Waals surface area (Å²) in [6.07, 6.45) is -1.72. The maximum atomic E-state index is 13.7. The van der Waals surface area contributed by atoms with E-state index < -0.39 is 60.8 Å². The Hall–Kier alpha value is -2.71. The monoisotopic (exact) mass is 604 g/mol. The lowest BCUT2D eigenvalue weighted by Crippen LogP contribution is -2.42. The van der Waals surface area contributed by atoms with Gasteiger partial charge in [-0.2, -0.15) is 10.1 Å². The number of aromatic nitrogens is 4. The molecule has 5 N–H and O–H groups in total. The number of rotatable bonds is 10. The molecule has 14 nitrogen and oxygen atoms in total. The normalized spacial score (nSPS) is 25.5. The highest BCUT2D eigenvalue weighted by Crippen LogP contribution is 2.49. The molecule has 0 saturated carbocycles. The second kappa shape index (κ2) is 11.4. The smallest absolute Gasteiger partial charge is 0.459 e. The average molecular weight is 605 g/mol. The number of nitrogens with two attached hydrogens (primary N) is 1. The number of hydrogen-bond donors (Lipinski definition) is 4. The van der Waals surface area contributed by atoms with E-state index >= 15 is 0 Å². The van der Waals surface area contributed by atoms with Crippen molar-refractivity contribution in [3.05, 3.63) is 47.0 Å². The number of nitrogens with one attached hydrogen (secondary N) is 2. The number of imidazole rings is 1. The van der Waals surface area contributed by atoms with Gasteiger partial charge in [-0.1, -0.05) is 29.8 Å². The summed E-state index contributed by atoms with van der Waals surface area (Å²) < 4.78 is 37.2. The predicted octanol–water partition coefficient (Wildman–Crippen LogP) is 2.27. The van der Waals surface area contributed by atoms with Crippen LogP contribution in [-0.4, -0.2) is 65.9 Å². The SMILES string of the molecule is CC(C)OC(=O)C(C)NP(=O)(OCC1OC(n2cnc3c(=O)[nH]c(N)nc32)C(Cl)C1(O)Cl)Oc1ccccc1. The van der Waals surface area contributed by atoms with Crippen molar-refractivity contribution in [1.29, 1.82) is 0 Å². The van der Waals surface area contributed by atoms with Crippen LogP contribution in [0.4, 0.5) is 5.95 Å². The van der Waals surface area contributed by atoms with Gasteiger partial charge in [0.05, 0.1) is 19.0 Å². The van der Waals surface area contributed by atoms with Crippen molar-refractivity contribution in [2.24, 2.45) is 0 Å². The number of carbonyl (C=O) groups excluding carboxylic acids is 1. The molecule has 212 valence electrons. The summed E-state index contributed by atoms with van der Waals surface area (Å²) in [6, 6.07) is 7.00. The maximum Gasteiger partial charge on any atom is 0.459 e. The number of hydrogen-bond acceptors (Lipinski definition) is 11. The van der Waals surface area contributed by atoms with Gasteiger partial charge in [-0.3, -0.25) is 23.7 Å². The largest absolute Gasteiger partial charge is 0.462 e. The third-order valence-corrected chi connectivity index (χ3v) is 8.32. The van der Waals surface area contributed by atoms with Crippen molar-refractivity contribution in [2.45, 2.75) is 55.7 Å². The number of H-pyrrole nitrogens is 1. The highest BCUT2D eigenvalue weighted by Gasteiger charge is 2.56. The fourth-order valence-corrected chi connectivity index (χ4v) is 5.74. The number of aliphatic hydroxyl groups is 1. The fourth-order valence-electron chi connectivity index (χ4n) is 3.70. The van der Waals surface area contributed by atoms with Gasteiger partial charge in [0.15, 0.2) is 22.5 Å². The first kappa shape index (κ1) is 29.3. The summed E-state index contributed by atoms with van der Waals surface area (Å²) in [5, 5.41) is 9.97. The molecule has 1 aliphatic rings. The van der Waals surface area contributed by atoms with E-state index in [9.17, 15) is 19.3 Å². The highest BCUT2D eigenvalue weighted by atomic mass is 35.5. The summed E-state index contributed by atoms with van der Waals surface area (Å²) in [7, 11) is -4.29. The molecule has 3 heterocycles. The number of fused-ring (bicyclic) bond motifs is 1. The lowest BCUT2D eigenvalue weighted by Gasteiger charge is -2.27. The standard InChI is InChI=1S/C22H27Cl2N6O8P/c1-11(2)36-20(32)12(3)29-39(34,38-13-7-5-4-6-8-13)35-9-14-22(24,33)16(23)19(37-14)30-10-26-15-17(30)27-21(25)28-18(15)31/h4-8,10-12,14,16,19,33H,9H2,1-3H3,(H,29,34)(H3,25,27,28,31). The molecule has 0 spiro atoms. The summed E-state index contributed by atoms with van der Waals surface area (Å²) in [6.45, 7) is 4.17. The van der Waals surface area contributed by atoms with Crippen LogP contribution in [0.15, 0.2) is 41.5 Å². The van der Waals surface area contributed by atoms with Crippen LogP contribution in [0.5, 0.6) is 5.75 Å². The van der Waals surface area contributed by atoms with Crippen LogP contribution < -0.4 is 20.9 Å². The van der Waals surface area contributed by atoms with Crippen LogP contribution in [0.1, 0.15) is 27.0 Å². The molecular formula is C22H27Cl2N6O8P. The first-order valence-electron chi connectivity index (χ1n) is 11.7. The zero-order valence-electron chi connectivity index (χ0n) is 21.0. The van der Waals surface area contributed by atoms with Gasteiger partial charge in [-0.05, 0) is 32.9 Å². The molecule has 2 aromatic heterocycles. The number of nitrogens with zero attached hydrogens (tertiary/aromatic N) is 3. The van der Waals surface area contributed by atoms with E-state index in [1.54, 1.807) is 32.0 Å². The molecular weight excluding hydrogens is 578 g/mol. The molecule has 1 fully saturated rings. The molecule has 6 unspecified atom stereocenters. The van der Waals surface area contributed by atoms with E-state index in [0.717, 1.165) is 0 Å². The molecule has 4 rings (SSSR count). The average Bonchev–Trinajstić information content (AvgIpc) is 3.36. The van der Waals surface area contributed by atoms with Gasteiger partial charge in [0.1, 0.15) is 23.3 Å². The second-order valence-corrected chi connectivity index (χ2v) is 11.7. The van der Waals surface area contributed by atoms with Crippen LogP contribution >= 0.6 is 30.9 Å². The van der Waals surface area contributed by atoms with Crippen molar-refractivity contribution in [3.8, 4) is 5.75 Å². The first-order chi connectivity index (χ1) is 18.3. The molecule has 39 heavy (non-hydrogen) atoms. The Morgan fingerprint density at radius 1 is 1.36 bits per heavy atom. The Bertz CT molecular complexity index is 1430. The quantitative estimate of drug-likeness (QED) is 0.150. The minimum Gasteiger partial charge on any atom is -0.462 e. The maximum absolute atomic E-state index is 13.7. The van der Waals surface area contributed by atoms with Crippen LogP contribution in [0.25, 0.3) is 11.2 Å². The minimum atomic E-state index is -4.29. The number of aromatic amines is 1. The predicted molar refractivity (Wildman–Crippen MR) is 141 cm³/mol. The second-order valence-electron chi connectivity index (χ2n) is 8.95. The number of para-hydroxylation sites is 1. The molecule has 17 heteroatoms. The van der Waals surface area contributed by atoms with Crippen molar-refractivity contribution in [1.82, 2.24) is 24.6 Å². The molecule has 0 radical (unpaired) electrons. The molecule has 6 atom stereocenters. The lowest BCUT2D eigenvalue weighted by atomic mass is 10.1. The Kier molecular flexibility index (Phi) is 8.57. The van der Waals surface area contributed by atoms with Crippen molar-refractivity contribution in [2.75, 3.05) is 12.3 Å². The number of ether oxygens (including phenoxy) is 2. The number of anilines is 1. The van der Waals surface area contributed by atoms with E-state index in [4.69, 9.17) is 47.5 Å². The van der Waals surface area contributed by atoms with Crippen molar-refractivity contribution < 1.29 is 33.0 Å². The Balaban J connectivity index is 1.56. The Morgan fingerprint density at radius 3 is 2.72 bits per heavy atom. The third-order valence-electron chi connectivity index (χ3n) is 5.54. The molecule has 0 aliphatic carbocycles. The molecule has 3 aromatic rings. The number of benzene rings is 1. The molecule has 1 aromatic carbocycles. The van der Waals surface area contributed by atoms with Crippen molar-refractivity contribution in [3.63, 3.8) is 0 Å². The minimum absolute atomic E-state index is 0.0400. The van der Waals surface area contributed by atoms with Crippen molar-refractivity contribution >= 4 is 54.0 Å². The van der Waals surface area contributed by atoms with Crippen LogP contribution in [0.3, 0.4) is 0 Å². The third kappa shape index (κ3) is 6.38. The zero-order valence-corrected chi connectivity index (χ0v) is 23.4. The summed E-state index contributed by atoms with van der Waals surface area (Å²) in [5.41, 5.74) is 5.06. The van der Waals surface area contributed by atoms with E-state index in [2.05, 4.69) is 20.0 Å². The highest BCUT2D eigenvalue weighted by molar-refractivity contribution is 7.52. The number of esters is 1. The summed E-state index contributed by atoms with van der Waals surface area (Å²) in [5.74, 6) is -0.682. The van der Waals surface area contributed by atoms with Gasteiger partial charge in [0.25, 0.3) is 5.56 Å². The zero-order chi connectivity index (χ0) is 28.5. The van der Waals surface area contributed by atoms with Gasteiger partial charge in [-0.15, -0.1) is 11.6 Å². The Labute approximate surface area is 232 Å². The number of carbonyl (C=O) groups is 1. The lowest BCUT2D eigenvalue weighted by molar-refractivity contribution is -0.149. The first-order valence-corrected chi connectivity index (χ1v) is 14.1. The van der Waals surface area contributed by atoms with Gasteiger partial charge in [0.2, 0.25) is 5.95 Å². The molecule has 0 amide bonds. The molecule has 0 bridgehead atoms. The molecule has 1 saturated heterocycles. The number of halogens is 2. The number of nitrogen functional groups attached to an aromatic ring is 1. The van der Waals surface area contributed by atoms with E-state index in [1.165, 1.54) is 30.0 Å². The molecule has 1 aliphatic heterocycles.